The molecule has 2 heterocycles. The molecule has 0 saturated heterocycles. The Bertz CT molecular complexity index is 402. The molecule has 0 aliphatic heterocycles. The zero-order valence-corrected chi connectivity index (χ0v) is 7.37. The lowest BCUT2D eigenvalue weighted by atomic mass is 10.2. The van der Waals surface area contributed by atoms with Crippen molar-refractivity contribution in [3.63, 3.8) is 0 Å². The first kappa shape index (κ1) is 8.07. The molecule has 0 aliphatic carbocycles. The van der Waals surface area contributed by atoms with E-state index >= 15 is 0 Å². The van der Waals surface area contributed by atoms with Crippen LogP contribution in [0.25, 0.3) is 11.3 Å². The number of hydrogen-bond donors (Lipinski definition) is 2. The number of nitrogens with one attached hydrogen (secondary N) is 1. The van der Waals surface area contributed by atoms with E-state index in [1.165, 1.54) is 0 Å². The molecular formula is C9H11N3O. The van der Waals surface area contributed by atoms with Crippen molar-refractivity contribution in [2.75, 3.05) is 0 Å². The highest BCUT2D eigenvalue weighted by molar-refractivity contribution is 5.59. The maximum atomic E-state index is 5.53. The maximum Gasteiger partial charge on any atom is 0.137 e. The minimum absolute atomic E-state index is 0.440. The van der Waals surface area contributed by atoms with Crippen LogP contribution in [0.15, 0.2) is 22.7 Å². The predicted octanol–water partition coefficient (Wildman–Crippen LogP) is 1.44. The highest BCUT2D eigenvalue weighted by Crippen LogP contribution is 2.23. The molecule has 0 saturated carbocycles. The topological polar surface area (TPSA) is 67.8 Å². The van der Waals surface area contributed by atoms with E-state index in [-0.39, 0.29) is 0 Å². The van der Waals surface area contributed by atoms with E-state index in [1.54, 1.807) is 6.20 Å². The van der Waals surface area contributed by atoms with Crippen LogP contribution < -0.4 is 5.73 Å². The van der Waals surface area contributed by atoms with Gasteiger partial charge in [0.05, 0.1) is 17.5 Å². The lowest BCUT2D eigenvalue weighted by Crippen LogP contribution is -1.97. The van der Waals surface area contributed by atoms with Gasteiger partial charge in [0, 0.05) is 6.54 Å². The van der Waals surface area contributed by atoms with Crippen LogP contribution in [0.4, 0.5) is 0 Å². The van der Waals surface area contributed by atoms with Crippen LogP contribution in [0.2, 0.25) is 0 Å². The summed E-state index contributed by atoms with van der Waals surface area (Å²) >= 11 is 0. The average molecular weight is 177 g/mol. The van der Waals surface area contributed by atoms with Crippen molar-refractivity contribution in [2.24, 2.45) is 5.73 Å². The third-order valence-electron chi connectivity index (χ3n) is 1.93. The molecule has 2 rings (SSSR count). The van der Waals surface area contributed by atoms with Crippen LogP contribution >= 0.6 is 0 Å². The molecule has 0 amide bonds. The van der Waals surface area contributed by atoms with Gasteiger partial charge in [-0.1, -0.05) is 0 Å². The number of furan rings is 1. The van der Waals surface area contributed by atoms with Gasteiger partial charge in [0.15, 0.2) is 0 Å². The summed E-state index contributed by atoms with van der Waals surface area (Å²) in [6.45, 7) is 2.35. The molecule has 13 heavy (non-hydrogen) atoms. The summed E-state index contributed by atoms with van der Waals surface area (Å²) < 4.78 is 5.45. The highest BCUT2D eigenvalue weighted by Gasteiger charge is 2.08. The van der Waals surface area contributed by atoms with E-state index in [0.29, 0.717) is 6.54 Å². The number of aryl methyl sites for hydroxylation is 1. The fraction of sp³-hybridized carbons (Fsp3) is 0.222. The Balaban J connectivity index is 2.45. The van der Waals surface area contributed by atoms with Crippen molar-refractivity contribution >= 4 is 0 Å². The molecule has 0 radical (unpaired) electrons. The van der Waals surface area contributed by atoms with Gasteiger partial charge in [0.25, 0.3) is 0 Å². The van der Waals surface area contributed by atoms with Crippen molar-refractivity contribution in [3.05, 3.63) is 29.8 Å². The second-order valence-electron chi connectivity index (χ2n) is 2.88. The van der Waals surface area contributed by atoms with Crippen LogP contribution in [-0.2, 0) is 6.54 Å². The molecule has 0 spiro atoms. The predicted molar refractivity (Wildman–Crippen MR) is 48.9 cm³/mol. The Kier molecular flexibility index (Phi) is 1.90. The number of aromatic amines is 1. The van der Waals surface area contributed by atoms with Gasteiger partial charge in [0.2, 0.25) is 0 Å². The SMILES string of the molecule is Cc1ccc(-c2cn[nH]c2CN)o1. The average Bonchev–Trinajstić information content (AvgIpc) is 2.71. The van der Waals surface area contributed by atoms with E-state index < -0.39 is 0 Å². The summed E-state index contributed by atoms with van der Waals surface area (Å²) in [6.07, 6.45) is 1.72. The third kappa shape index (κ3) is 1.36. The van der Waals surface area contributed by atoms with Gasteiger partial charge in [0.1, 0.15) is 11.5 Å². The van der Waals surface area contributed by atoms with Crippen molar-refractivity contribution in [2.45, 2.75) is 13.5 Å². The molecule has 0 aromatic carbocycles. The summed E-state index contributed by atoms with van der Waals surface area (Å²) in [7, 11) is 0. The van der Waals surface area contributed by atoms with Gasteiger partial charge < -0.3 is 10.2 Å². The van der Waals surface area contributed by atoms with Gasteiger partial charge in [-0.05, 0) is 19.1 Å². The number of aromatic nitrogens is 2. The van der Waals surface area contributed by atoms with Gasteiger partial charge >= 0.3 is 0 Å². The first-order valence-corrected chi connectivity index (χ1v) is 4.10. The van der Waals surface area contributed by atoms with Crippen LogP contribution in [0.1, 0.15) is 11.5 Å². The summed E-state index contributed by atoms with van der Waals surface area (Å²) in [5.41, 5.74) is 7.36. The van der Waals surface area contributed by atoms with Gasteiger partial charge in [-0.3, -0.25) is 5.10 Å². The van der Waals surface area contributed by atoms with Crippen LogP contribution in [0, 0.1) is 6.92 Å². The second kappa shape index (κ2) is 3.06. The quantitative estimate of drug-likeness (QED) is 0.729. The molecule has 2 aromatic rings. The summed E-state index contributed by atoms with van der Waals surface area (Å²) in [5.74, 6) is 1.70. The van der Waals surface area contributed by atoms with Gasteiger partial charge in [-0.25, -0.2) is 0 Å². The maximum absolute atomic E-state index is 5.53. The fourth-order valence-electron chi connectivity index (χ4n) is 1.26. The summed E-state index contributed by atoms with van der Waals surface area (Å²) in [5, 5.41) is 6.74. The number of rotatable bonds is 2. The van der Waals surface area contributed by atoms with Crippen LogP contribution in [-0.4, -0.2) is 10.2 Å². The normalized spacial score (nSPS) is 10.6. The van der Waals surface area contributed by atoms with E-state index in [2.05, 4.69) is 10.2 Å². The van der Waals surface area contributed by atoms with Crippen molar-refractivity contribution in [1.29, 1.82) is 0 Å². The summed E-state index contributed by atoms with van der Waals surface area (Å²) in [4.78, 5) is 0. The Morgan fingerprint density at radius 3 is 3.00 bits per heavy atom. The molecule has 68 valence electrons. The molecule has 3 N–H and O–H groups in total. The monoisotopic (exact) mass is 177 g/mol. The van der Waals surface area contributed by atoms with E-state index in [4.69, 9.17) is 10.2 Å². The van der Waals surface area contributed by atoms with Crippen LogP contribution in [0.3, 0.4) is 0 Å². The number of H-pyrrole nitrogens is 1. The Morgan fingerprint density at radius 2 is 2.38 bits per heavy atom. The third-order valence-corrected chi connectivity index (χ3v) is 1.93. The zero-order chi connectivity index (χ0) is 9.26. The zero-order valence-electron chi connectivity index (χ0n) is 7.37. The van der Waals surface area contributed by atoms with Crippen molar-refractivity contribution in [3.8, 4) is 11.3 Å². The molecule has 0 atom stereocenters. The van der Waals surface area contributed by atoms with Crippen LogP contribution in [0.5, 0.6) is 0 Å². The number of hydrogen-bond acceptors (Lipinski definition) is 3. The smallest absolute Gasteiger partial charge is 0.137 e. The molecule has 4 nitrogen and oxygen atoms in total. The largest absolute Gasteiger partial charge is 0.461 e. The first-order chi connectivity index (χ1) is 6.31. The molecule has 0 fully saturated rings. The number of nitrogens with zero attached hydrogens (tertiary/aromatic N) is 1. The Hall–Kier alpha value is -1.55. The lowest BCUT2D eigenvalue weighted by Gasteiger charge is -1.94. The minimum atomic E-state index is 0.440. The number of nitrogens with two attached hydrogens (primary N) is 1. The van der Waals surface area contributed by atoms with E-state index in [0.717, 1.165) is 22.8 Å². The Labute approximate surface area is 75.7 Å². The van der Waals surface area contributed by atoms with Crippen molar-refractivity contribution < 1.29 is 4.42 Å². The van der Waals surface area contributed by atoms with E-state index in [1.807, 2.05) is 19.1 Å². The van der Waals surface area contributed by atoms with Gasteiger partial charge in [-0.2, -0.15) is 5.10 Å². The highest BCUT2D eigenvalue weighted by atomic mass is 16.3. The fourth-order valence-corrected chi connectivity index (χ4v) is 1.26. The molecule has 0 bridgehead atoms. The molecule has 0 aliphatic rings. The molecule has 4 heteroatoms. The molecule has 0 unspecified atom stereocenters. The van der Waals surface area contributed by atoms with Crippen molar-refractivity contribution in [1.82, 2.24) is 10.2 Å². The molecular weight excluding hydrogens is 166 g/mol. The summed E-state index contributed by atoms with van der Waals surface area (Å²) in [6, 6.07) is 3.84. The minimum Gasteiger partial charge on any atom is -0.461 e. The molecule has 2 aromatic heterocycles. The first-order valence-electron chi connectivity index (χ1n) is 4.10. The van der Waals surface area contributed by atoms with Gasteiger partial charge in [-0.15, -0.1) is 0 Å². The van der Waals surface area contributed by atoms with E-state index in [9.17, 15) is 0 Å². The standard InChI is InChI=1S/C9H11N3O/c1-6-2-3-9(13-6)7-5-11-12-8(7)4-10/h2-3,5H,4,10H2,1H3,(H,11,12). The second-order valence-corrected chi connectivity index (χ2v) is 2.88. The Morgan fingerprint density at radius 1 is 1.54 bits per heavy atom. The lowest BCUT2D eigenvalue weighted by molar-refractivity contribution is 0.548.